The third kappa shape index (κ3) is 3.99. The number of rotatable bonds is 4. The Morgan fingerprint density at radius 1 is 1.03 bits per heavy atom. The van der Waals surface area contributed by atoms with Gasteiger partial charge in [-0.25, -0.2) is 4.98 Å². The largest absolute Gasteiger partial charge is 0.487 e. The standard InChI is InChI=1S/C24H18ClF3N2O3/c1-23(2)21-18(29-10-11-30-21)19(31)17(22(23)32)16-14(24(26,27)28)8-9-15(25)20(16)33-12-13-6-4-3-5-7-13/h3-11,17H,12H2,1-2H3. The van der Waals surface area contributed by atoms with Crippen molar-refractivity contribution in [2.24, 2.45) is 0 Å². The lowest BCUT2D eigenvalue weighted by molar-refractivity contribution is -0.138. The second-order valence-electron chi connectivity index (χ2n) is 8.15. The van der Waals surface area contributed by atoms with Gasteiger partial charge in [-0.05, 0) is 31.5 Å². The maximum atomic E-state index is 14.1. The number of halogens is 4. The maximum Gasteiger partial charge on any atom is 0.416 e. The third-order valence-corrected chi connectivity index (χ3v) is 5.93. The normalized spacial score (nSPS) is 17.6. The number of Topliss-reactive ketones (excluding diaryl/α,β-unsaturated/α-hetero) is 2. The fourth-order valence-electron chi connectivity index (χ4n) is 3.95. The molecule has 3 aromatic rings. The van der Waals surface area contributed by atoms with Crippen LogP contribution >= 0.6 is 11.6 Å². The molecule has 2 aromatic carbocycles. The summed E-state index contributed by atoms with van der Waals surface area (Å²) < 4.78 is 47.9. The van der Waals surface area contributed by atoms with Crippen LogP contribution in [-0.2, 0) is 23.0 Å². The predicted molar refractivity (Wildman–Crippen MR) is 114 cm³/mol. The Bertz CT molecular complexity index is 1240. The summed E-state index contributed by atoms with van der Waals surface area (Å²) in [4.78, 5) is 35.0. The fraction of sp³-hybridized carbons (Fsp3) is 0.250. The van der Waals surface area contributed by atoms with E-state index in [2.05, 4.69) is 9.97 Å². The molecule has 0 saturated heterocycles. The molecule has 1 aromatic heterocycles. The summed E-state index contributed by atoms with van der Waals surface area (Å²) >= 11 is 6.26. The summed E-state index contributed by atoms with van der Waals surface area (Å²) in [5.41, 5.74) is -2.47. The first-order chi connectivity index (χ1) is 15.5. The highest BCUT2D eigenvalue weighted by Crippen LogP contribution is 2.48. The second-order valence-corrected chi connectivity index (χ2v) is 8.56. The van der Waals surface area contributed by atoms with Crippen molar-refractivity contribution in [2.75, 3.05) is 0 Å². The fourth-order valence-corrected chi connectivity index (χ4v) is 4.17. The summed E-state index contributed by atoms with van der Waals surface area (Å²) in [5.74, 6) is -3.77. The van der Waals surface area contributed by atoms with Gasteiger partial charge in [-0.1, -0.05) is 41.9 Å². The average Bonchev–Trinajstić information content (AvgIpc) is 2.77. The summed E-state index contributed by atoms with van der Waals surface area (Å²) in [6, 6.07) is 10.5. The molecule has 9 heteroatoms. The Morgan fingerprint density at radius 3 is 2.36 bits per heavy atom. The molecule has 0 radical (unpaired) electrons. The van der Waals surface area contributed by atoms with Crippen LogP contribution in [0.1, 0.15) is 52.6 Å². The topological polar surface area (TPSA) is 69.2 Å². The van der Waals surface area contributed by atoms with E-state index in [1.807, 2.05) is 0 Å². The summed E-state index contributed by atoms with van der Waals surface area (Å²) in [6.07, 6.45) is -2.27. The van der Waals surface area contributed by atoms with Gasteiger partial charge in [0.25, 0.3) is 0 Å². The van der Waals surface area contributed by atoms with Gasteiger partial charge in [-0.15, -0.1) is 0 Å². The quantitative estimate of drug-likeness (QED) is 0.463. The van der Waals surface area contributed by atoms with Crippen molar-refractivity contribution >= 4 is 23.2 Å². The lowest BCUT2D eigenvalue weighted by Gasteiger charge is -2.34. The molecule has 1 aliphatic carbocycles. The molecular weight excluding hydrogens is 457 g/mol. The molecule has 1 atom stereocenters. The highest BCUT2D eigenvalue weighted by atomic mass is 35.5. The van der Waals surface area contributed by atoms with Gasteiger partial charge in [0.1, 0.15) is 24.0 Å². The molecule has 0 fully saturated rings. The number of hydrogen-bond donors (Lipinski definition) is 0. The van der Waals surface area contributed by atoms with Crippen LogP contribution in [0.3, 0.4) is 0 Å². The lowest BCUT2D eigenvalue weighted by atomic mass is 9.67. The van der Waals surface area contributed by atoms with Crippen molar-refractivity contribution < 1.29 is 27.5 Å². The molecule has 0 saturated carbocycles. The average molecular weight is 475 g/mol. The second kappa shape index (κ2) is 8.26. The number of nitrogens with zero attached hydrogens (tertiary/aromatic N) is 2. The van der Waals surface area contributed by atoms with Gasteiger partial charge in [-0.2, -0.15) is 13.2 Å². The van der Waals surface area contributed by atoms with Crippen LogP contribution in [-0.4, -0.2) is 21.5 Å². The Balaban J connectivity index is 1.93. The number of ketones is 2. The molecule has 0 N–H and O–H groups in total. The van der Waals surface area contributed by atoms with Crippen LogP contribution in [0.4, 0.5) is 13.2 Å². The van der Waals surface area contributed by atoms with Gasteiger partial charge in [0.15, 0.2) is 11.6 Å². The van der Waals surface area contributed by atoms with E-state index in [0.717, 1.165) is 12.1 Å². The molecule has 0 bridgehead atoms. The van der Waals surface area contributed by atoms with Crippen LogP contribution < -0.4 is 4.74 Å². The van der Waals surface area contributed by atoms with Crippen molar-refractivity contribution in [1.29, 1.82) is 0 Å². The van der Waals surface area contributed by atoms with Gasteiger partial charge in [-0.3, -0.25) is 14.6 Å². The number of aromatic nitrogens is 2. The van der Waals surface area contributed by atoms with Crippen molar-refractivity contribution in [2.45, 2.75) is 38.0 Å². The van der Waals surface area contributed by atoms with Crippen LogP contribution in [0.2, 0.25) is 5.02 Å². The molecule has 1 aliphatic rings. The first-order valence-corrected chi connectivity index (χ1v) is 10.4. The summed E-state index contributed by atoms with van der Waals surface area (Å²) in [7, 11) is 0. The molecule has 0 aliphatic heterocycles. The zero-order chi connectivity index (χ0) is 24.0. The monoisotopic (exact) mass is 474 g/mol. The molecule has 5 nitrogen and oxygen atoms in total. The minimum atomic E-state index is -4.86. The number of carbonyl (C=O) groups is 2. The SMILES string of the molecule is CC1(C)C(=O)C(c2c(C(F)(F)F)ccc(Cl)c2OCc2ccccc2)C(=O)c2nccnc21. The molecular formula is C24H18ClF3N2O3. The van der Waals surface area contributed by atoms with E-state index >= 15 is 0 Å². The van der Waals surface area contributed by atoms with Gasteiger partial charge >= 0.3 is 6.18 Å². The van der Waals surface area contributed by atoms with Gasteiger partial charge in [0.05, 0.1) is 21.7 Å². The first kappa shape index (κ1) is 22.9. The Morgan fingerprint density at radius 2 is 1.70 bits per heavy atom. The highest BCUT2D eigenvalue weighted by molar-refractivity contribution is 6.32. The number of hydrogen-bond acceptors (Lipinski definition) is 5. The zero-order valence-electron chi connectivity index (χ0n) is 17.6. The first-order valence-electron chi connectivity index (χ1n) is 9.99. The number of carbonyl (C=O) groups excluding carboxylic acids is 2. The Kier molecular flexibility index (Phi) is 5.74. The highest BCUT2D eigenvalue weighted by Gasteiger charge is 2.52. The molecule has 170 valence electrons. The van der Waals surface area contributed by atoms with Gasteiger partial charge in [0, 0.05) is 18.0 Å². The van der Waals surface area contributed by atoms with Gasteiger partial charge < -0.3 is 4.74 Å². The molecule has 4 rings (SSSR count). The van der Waals surface area contributed by atoms with E-state index in [0.29, 0.717) is 5.56 Å². The third-order valence-electron chi connectivity index (χ3n) is 5.63. The van der Waals surface area contributed by atoms with Crippen LogP contribution in [0.25, 0.3) is 0 Å². The minimum Gasteiger partial charge on any atom is -0.487 e. The van der Waals surface area contributed by atoms with E-state index in [9.17, 15) is 22.8 Å². The number of benzene rings is 2. The summed E-state index contributed by atoms with van der Waals surface area (Å²) in [5, 5.41) is -0.141. The number of fused-ring (bicyclic) bond motifs is 1. The molecule has 1 heterocycles. The maximum absolute atomic E-state index is 14.1. The van der Waals surface area contributed by atoms with E-state index in [1.165, 1.54) is 26.2 Å². The smallest absolute Gasteiger partial charge is 0.416 e. The van der Waals surface area contributed by atoms with Crippen molar-refractivity contribution in [3.8, 4) is 5.75 Å². The van der Waals surface area contributed by atoms with Crippen LogP contribution in [0.5, 0.6) is 5.75 Å². The van der Waals surface area contributed by atoms with Crippen LogP contribution in [0.15, 0.2) is 54.9 Å². The van der Waals surface area contributed by atoms with Crippen LogP contribution in [0, 0.1) is 0 Å². The van der Waals surface area contributed by atoms with E-state index < -0.39 is 40.2 Å². The molecule has 0 spiro atoms. The molecule has 33 heavy (non-hydrogen) atoms. The van der Waals surface area contributed by atoms with Crippen molar-refractivity contribution in [3.05, 3.63) is 88.0 Å². The van der Waals surface area contributed by atoms with E-state index in [1.54, 1.807) is 30.3 Å². The predicted octanol–water partition coefficient (Wildman–Crippen LogP) is 5.55. The van der Waals surface area contributed by atoms with Crippen molar-refractivity contribution in [3.63, 3.8) is 0 Å². The summed E-state index contributed by atoms with van der Waals surface area (Å²) in [6.45, 7) is 2.90. The van der Waals surface area contributed by atoms with Crippen molar-refractivity contribution in [1.82, 2.24) is 9.97 Å². The Labute approximate surface area is 192 Å². The van der Waals surface area contributed by atoms with E-state index in [4.69, 9.17) is 16.3 Å². The zero-order valence-corrected chi connectivity index (χ0v) is 18.4. The lowest BCUT2D eigenvalue weighted by Crippen LogP contribution is -2.45. The van der Waals surface area contributed by atoms with Gasteiger partial charge in [0.2, 0.25) is 0 Å². The molecule has 1 unspecified atom stereocenters. The minimum absolute atomic E-state index is 0.107. The Hall–Kier alpha value is -3.26. The number of ether oxygens (including phenoxy) is 1. The van der Waals surface area contributed by atoms with E-state index in [-0.39, 0.29) is 28.8 Å². The number of alkyl halides is 3. The molecule has 0 amide bonds.